The molecule has 0 fully saturated rings. The highest BCUT2D eigenvalue weighted by Gasteiger charge is 2.36. The lowest BCUT2D eigenvalue weighted by Crippen LogP contribution is -2.32. The predicted octanol–water partition coefficient (Wildman–Crippen LogP) is 2.52. The van der Waals surface area contributed by atoms with Gasteiger partial charge in [0.15, 0.2) is 6.10 Å². The van der Waals surface area contributed by atoms with Crippen LogP contribution in [0.4, 0.5) is 24.5 Å². The van der Waals surface area contributed by atoms with E-state index in [0.717, 1.165) is 19.1 Å². The highest BCUT2D eigenvalue weighted by atomic mass is 19.4. The van der Waals surface area contributed by atoms with Crippen molar-refractivity contribution in [2.24, 2.45) is 0 Å². The number of carbonyl (C=O) groups excluding carboxylic acids is 2. The van der Waals surface area contributed by atoms with E-state index in [4.69, 9.17) is 9.47 Å². The first kappa shape index (κ1) is 20.4. The van der Waals surface area contributed by atoms with Crippen molar-refractivity contribution in [1.29, 1.82) is 0 Å². The van der Waals surface area contributed by atoms with Gasteiger partial charge in [0.25, 0.3) is 11.6 Å². The molecule has 1 N–H and O–H groups in total. The molecule has 1 aromatic rings. The molecule has 0 aliphatic heterocycles. The molecule has 25 heavy (non-hydrogen) atoms. The number of non-ortho nitro benzene ring substituents is 1. The number of nitrogens with one attached hydrogen (secondary N) is 1. The molecule has 0 aromatic heterocycles. The van der Waals surface area contributed by atoms with Gasteiger partial charge in [-0.3, -0.25) is 14.9 Å². The van der Waals surface area contributed by atoms with Gasteiger partial charge in [-0.05, 0) is 19.9 Å². The van der Waals surface area contributed by atoms with Crippen molar-refractivity contribution in [2.45, 2.75) is 26.1 Å². The molecule has 0 saturated carbocycles. The molecule has 0 unspecified atom stereocenters. The summed E-state index contributed by atoms with van der Waals surface area (Å²) in [5.41, 5.74) is -2.85. The average Bonchev–Trinajstić information content (AvgIpc) is 2.51. The lowest BCUT2D eigenvalue weighted by Gasteiger charge is -2.16. The summed E-state index contributed by atoms with van der Waals surface area (Å²) in [4.78, 5) is 32.8. The Bertz CT molecular complexity index is 662. The topological polar surface area (TPSA) is 108 Å². The number of alkyl halides is 3. The van der Waals surface area contributed by atoms with Gasteiger partial charge >= 0.3 is 12.1 Å². The van der Waals surface area contributed by atoms with Crippen LogP contribution in [0.25, 0.3) is 0 Å². The number of amides is 1. The molecule has 0 radical (unpaired) electrons. The SMILES string of the molecule is CCOCC(=O)O[C@@H](C)C(=O)Nc1ccc([N+](=O)[O-])cc1C(F)(F)F. The summed E-state index contributed by atoms with van der Waals surface area (Å²) in [6.07, 6.45) is -6.31. The number of nitro groups is 1. The second-order valence-corrected chi connectivity index (χ2v) is 4.74. The van der Waals surface area contributed by atoms with E-state index in [1.165, 1.54) is 0 Å². The number of hydrogen-bond donors (Lipinski definition) is 1. The number of nitro benzene ring substituents is 1. The Kier molecular flexibility index (Phi) is 6.86. The zero-order valence-corrected chi connectivity index (χ0v) is 13.3. The summed E-state index contributed by atoms with van der Waals surface area (Å²) in [7, 11) is 0. The molecular formula is C14H15F3N2O6. The van der Waals surface area contributed by atoms with Gasteiger partial charge in [0.1, 0.15) is 6.61 Å². The minimum Gasteiger partial charge on any atom is -0.451 e. The molecule has 0 aliphatic carbocycles. The Morgan fingerprint density at radius 1 is 1.36 bits per heavy atom. The number of ether oxygens (including phenoxy) is 2. The van der Waals surface area contributed by atoms with Crippen molar-refractivity contribution >= 4 is 23.3 Å². The van der Waals surface area contributed by atoms with Gasteiger partial charge in [0, 0.05) is 18.7 Å². The van der Waals surface area contributed by atoms with E-state index in [0.29, 0.717) is 6.07 Å². The van der Waals surface area contributed by atoms with Crippen LogP contribution in [-0.2, 0) is 25.2 Å². The van der Waals surface area contributed by atoms with Crippen LogP contribution < -0.4 is 5.32 Å². The maximum absolute atomic E-state index is 13.0. The van der Waals surface area contributed by atoms with Crippen molar-refractivity contribution in [3.8, 4) is 0 Å². The summed E-state index contributed by atoms with van der Waals surface area (Å²) in [5.74, 6) is -1.88. The highest BCUT2D eigenvalue weighted by Crippen LogP contribution is 2.37. The molecule has 0 aliphatic rings. The maximum atomic E-state index is 13.0. The summed E-state index contributed by atoms with van der Waals surface area (Å²) in [6.45, 7) is 2.64. The average molecular weight is 364 g/mol. The zero-order chi connectivity index (χ0) is 19.2. The van der Waals surface area contributed by atoms with Crippen LogP contribution in [0, 0.1) is 10.1 Å². The number of benzene rings is 1. The fourth-order valence-electron chi connectivity index (χ4n) is 1.69. The predicted molar refractivity (Wildman–Crippen MR) is 78.8 cm³/mol. The van der Waals surface area contributed by atoms with E-state index in [-0.39, 0.29) is 6.61 Å². The number of nitrogens with zero attached hydrogens (tertiary/aromatic N) is 1. The lowest BCUT2D eigenvalue weighted by molar-refractivity contribution is -0.385. The maximum Gasteiger partial charge on any atom is 0.418 e. The molecule has 0 bridgehead atoms. The number of carbonyl (C=O) groups is 2. The Labute approximate surface area is 140 Å². The summed E-state index contributed by atoms with van der Waals surface area (Å²) < 4.78 is 48.5. The minimum atomic E-state index is -4.93. The van der Waals surface area contributed by atoms with Crippen LogP contribution in [0.1, 0.15) is 19.4 Å². The Morgan fingerprint density at radius 2 is 2.00 bits per heavy atom. The Balaban J connectivity index is 2.92. The van der Waals surface area contributed by atoms with Gasteiger partial charge < -0.3 is 14.8 Å². The van der Waals surface area contributed by atoms with Gasteiger partial charge in [-0.25, -0.2) is 4.79 Å². The molecule has 1 amide bonds. The second-order valence-electron chi connectivity index (χ2n) is 4.74. The van der Waals surface area contributed by atoms with Gasteiger partial charge in [0.2, 0.25) is 0 Å². The van der Waals surface area contributed by atoms with Crippen molar-refractivity contribution in [2.75, 3.05) is 18.5 Å². The molecule has 8 nitrogen and oxygen atoms in total. The third-order valence-electron chi connectivity index (χ3n) is 2.88. The lowest BCUT2D eigenvalue weighted by atomic mass is 10.1. The van der Waals surface area contributed by atoms with Gasteiger partial charge in [-0.1, -0.05) is 0 Å². The molecule has 0 saturated heterocycles. The fourth-order valence-corrected chi connectivity index (χ4v) is 1.69. The van der Waals surface area contributed by atoms with Crippen LogP contribution >= 0.6 is 0 Å². The number of hydrogen-bond acceptors (Lipinski definition) is 6. The van der Waals surface area contributed by atoms with E-state index in [1.807, 2.05) is 5.32 Å². The van der Waals surface area contributed by atoms with Gasteiger partial charge in [0.05, 0.1) is 16.2 Å². The monoisotopic (exact) mass is 364 g/mol. The molecule has 1 atom stereocenters. The van der Waals surface area contributed by atoms with Gasteiger partial charge in [-0.2, -0.15) is 13.2 Å². The van der Waals surface area contributed by atoms with Crippen LogP contribution in [0.2, 0.25) is 0 Å². The first-order chi connectivity index (χ1) is 11.6. The number of rotatable bonds is 7. The molecule has 1 aromatic carbocycles. The van der Waals surface area contributed by atoms with Crippen molar-refractivity contribution in [3.05, 3.63) is 33.9 Å². The van der Waals surface area contributed by atoms with Crippen molar-refractivity contribution < 1.29 is 37.2 Å². The molecule has 0 spiro atoms. The molecular weight excluding hydrogens is 349 g/mol. The standard InChI is InChI=1S/C14H15F3N2O6/c1-3-24-7-12(20)25-8(2)13(21)18-11-5-4-9(19(22)23)6-10(11)14(15,16)17/h4-6,8H,3,7H2,1-2H3,(H,18,21)/t8-/m0/s1. The van der Waals surface area contributed by atoms with Gasteiger partial charge in [-0.15, -0.1) is 0 Å². The Morgan fingerprint density at radius 3 is 2.52 bits per heavy atom. The number of anilines is 1. The first-order valence-electron chi connectivity index (χ1n) is 7.00. The number of esters is 1. The van der Waals surface area contributed by atoms with E-state index in [2.05, 4.69) is 0 Å². The Hall–Kier alpha value is -2.69. The highest BCUT2D eigenvalue weighted by molar-refractivity contribution is 5.96. The smallest absolute Gasteiger partial charge is 0.418 e. The van der Waals surface area contributed by atoms with Crippen LogP contribution in [-0.4, -0.2) is 36.1 Å². The third kappa shape index (κ3) is 6.03. The van der Waals surface area contributed by atoms with Crippen LogP contribution in [0.3, 0.4) is 0 Å². The molecule has 1 rings (SSSR count). The molecule has 0 heterocycles. The van der Waals surface area contributed by atoms with E-state index >= 15 is 0 Å². The quantitative estimate of drug-likeness (QED) is 0.452. The number of halogens is 3. The van der Waals surface area contributed by atoms with Crippen LogP contribution in [0.15, 0.2) is 18.2 Å². The van der Waals surface area contributed by atoms with E-state index in [9.17, 15) is 32.9 Å². The molecule has 138 valence electrons. The fraction of sp³-hybridized carbons (Fsp3) is 0.429. The third-order valence-corrected chi connectivity index (χ3v) is 2.88. The summed E-state index contributed by atoms with van der Waals surface area (Å²) in [5, 5.41) is 12.6. The second kappa shape index (κ2) is 8.42. The molecule has 11 heteroatoms. The summed E-state index contributed by atoms with van der Waals surface area (Å²) in [6, 6.07) is 1.88. The van der Waals surface area contributed by atoms with Crippen molar-refractivity contribution in [1.82, 2.24) is 0 Å². The van der Waals surface area contributed by atoms with E-state index in [1.54, 1.807) is 6.92 Å². The largest absolute Gasteiger partial charge is 0.451 e. The van der Waals surface area contributed by atoms with E-state index < -0.39 is 52.6 Å². The summed E-state index contributed by atoms with van der Waals surface area (Å²) >= 11 is 0. The van der Waals surface area contributed by atoms with Crippen LogP contribution in [0.5, 0.6) is 0 Å². The normalized spacial score (nSPS) is 12.4. The first-order valence-corrected chi connectivity index (χ1v) is 7.00. The zero-order valence-electron chi connectivity index (χ0n) is 13.3. The van der Waals surface area contributed by atoms with Crippen molar-refractivity contribution in [3.63, 3.8) is 0 Å². The minimum absolute atomic E-state index is 0.243.